The highest BCUT2D eigenvalue weighted by atomic mass is 16.8. The van der Waals surface area contributed by atoms with Gasteiger partial charge in [-0.3, -0.25) is 0 Å². The van der Waals surface area contributed by atoms with Crippen molar-refractivity contribution in [2.45, 2.75) is 20.8 Å². The van der Waals surface area contributed by atoms with Crippen molar-refractivity contribution in [1.29, 1.82) is 0 Å². The first-order valence-corrected chi connectivity index (χ1v) is 4.32. The minimum Gasteiger partial charge on any atom is -0.230 e. The summed E-state index contributed by atoms with van der Waals surface area (Å²) in [5.74, 6) is 0. The summed E-state index contributed by atoms with van der Waals surface area (Å²) in [5.41, 5.74) is 1.64. The lowest BCUT2D eigenvalue weighted by molar-refractivity contribution is -0.736. The number of aryl methyl sites for hydroxylation is 1. The van der Waals surface area contributed by atoms with E-state index in [1.165, 1.54) is 7.11 Å². The summed E-state index contributed by atoms with van der Waals surface area (Å²) in [7, 11) is 1.34. The lowest BCUT2D eigenvalue weighted by Gasteiger charge is -1.89. The molecule has 72 valence electrons. The predicted molar refractivity (Wildman–Crippen MR) is 52.8 cm³/mol. The van der Waals surface area contributed by atoms with Crippen LogP contribution in [0.25, 0.3) is 0 Å². The van der Waals surface area contributed by atoms with Gasteiger partial charge in [-0.05, 0) is 6.92 Å². The zero-order valence-electron chi connectivity index (χ0n) is 8.57. The van der Waals surface area contributed by atoms with Gasteiger partial charge in [-0.25, -0.2) is 4.84 Å². The van der Waals surface area contributed by atoms with Gasteiger partial charge in [0.15, 0.2) is 7.11 Å². The molecular formula is C10H16NO2+. The van der Waals surface area contributed by atoms with E-state index in [9.17, 15) is 4.91 Å². The van der Waals surface area contributed by atoms with Crippen molar-refractivity contribution < 1.29 is 9.76 Å². The Morgan fingerprint density at radius 1 is 1.15 bits per heavy atom. The van der Waals surface area contributed by atoms with Crippen LogP contribution in [0.15, 0.2) is 24.3 Å². The molecule has 13 heavy (non-hydrogen) atoms. The topological polar surface area (TPSA) is 29.3 Å². The molecule has 1 aromatic rings. The van der Waals surface area contributed by atoms with Gasteiger partial charge in [-0.15, -0.1) is 0 Å². The maximum Gasteiger partial charge on any atom is 0.316 e. The van der Waals surface area contributed by atoms with Crippen molar-refractivity contribution in [3.8, 4) is 0 Å². The van der Waals surface area contributed by atoms with Crippen LogP contribution in [0.1, 0.15) is 19.4 Å². The summed E-state index contributed by atoms with van der Waals surface area (Å²) >= 11 is 0. The average molecular weight is 182 g/mol. The lowest BCUT2D eigenvalue weighted by atomic mass is 10.2. The van der Waals surface area contributed by atoms with Crippen LogP contribution in [0, 0.1) is 11.8 Å². The van der Waals surface area contributed by atoms with Gasteiger partial charge >= 0.3 is 5.69 Å². The summed E-state index contributed by atoms with van der Waals surface area (Å²) in [5, 5.41) is 0. The molecule has 0 aliphatic rings. The molecule has 1 rings (SSSR count). The van der Waals surface area contributed by atoms with Crippen LogP contribution >= 0.6 is 0 Å². The van der Waals surface area contributed by atoms with Gasteiger partial charge in [-0.1, -0.05) is 31.5 Å². The van der Waals surface area contributed by atoms with E-state index in [0.29, 0.717) is 10.6 Å². The fourth-order valence-electron chi connectivity index (χ4n) is 0.772. The Balaban J connectivity index is 0.000000671. The van der Waals surface area contributed by atoms with E-state index in [0.717, 1.165) is 5.56 Å². The fraction of sp³-hybridized carbons (Fsp3) is 0.400. The monoisotopic (exact) mass is 182 g/mol. The third kappa shape index (κ3) is 3.69. The molecule has 0 aliphatic heterocycles. The third-order valence-electron chi connectivity index (χ3n) is 1.41. The number of benzene rings is 1. The highest BCUT2D eigenvalue weighted by Gasteiger charge is 2.11. The molecule has 0 atom stereocenters. The first-order valence-electron chi connectivity index (χ1n) is 4.32. The molecule has 0 N–H and O–H groups in total. The van der Waals surface area contributed by atoms with Gasteiger partial charge in [-0.2, -0.15) is 0 Å². The SMILES string of the molecule is CC.CO[N+](=O)c1ccc(C)cc1. The van der Waals surface area contributed by atoms with Crippen LogP contribution in [0.5, 0.6) is 0 Å². The largest absolute Gasteiger partial charge is 0.316 e. The Labute approximate surface area is 78.9 Å². The van der Waals surface area contributed by atoms with Gasteiger partial charge in [0.2, 0.25) is 0 Å². The standard InChI is InChI=1S/C8H10NO2.C2H6/c1-7-3-5-8(6-4-7)9(10)11-2;1-2/h3-6H,1-2H3;1-2H3/q+1;. The molecule has 0 heterocycles. The molecule has 0 saturated heterocycles. The second-order valence-corrected chi connectivity index (χ2v) is 2.28. The lowest BCUT2D eigenvalue weighted by Crippen LogP contribution is -1.97. The van der Waals surface area contributed by atoms with Gasteiger partial charge in [0.25, 0.3) is 4.92 Å². The summed E-state index contributed by atoms with van der Waals surface area (Å²) in [6, 6.07) is 7.15. The van der Waals surface area contributed by atoms with Crippen molar-refractivity contribution in [3.63, 3.8) is 0 Å². The van der Waals surface area contributed by atoms with E-state index < -0.39 is 0 Å². The number of hydrogen-bond donors (Lipinski definition) is 0. The molecule has 0 aromatic heterocycles. The van der Waals surface area contributed by atoms with Crippen LogP contribution in [0.2, 0.25) is 0 Å². The molecule has 3 heteroatoms. The van der Waals surface area contributed by atoms with Crippen molar-refractivity contribution >= 4 is 5.69 Å². The van der Waals surface area contributed by atoms with E-state index in [1.54, 1.807) is 12.1 Å². The molecule has 3 nitrogen and oxygen atoms in total. The Morgan fingerprint density at radius 3 is 2.00 bits per heavy atom. The summed E-state index contributed by atoms with van der Waals surface area (Å²) < 4.78 is 0. The normalized spacial score (nSPS) is 8.31. The highest BCUT2D eigenvalue weighted by molar-refractivity contribution is 5.31. The first-order chi connectivity index (χ1) is 6.24. The maximum absolute atomic E-state index is 10.8. The molecule has 0 amide bonds. The molecule has 0 saturated carbocycles. The molecule has 0 radical (unpaired) electrons. The van der Waals surface area contributed by atoms with Crippen LogP contribution < -0.4 is 0 Å². The van der Waals surface area contributed by atoms with E-state index in [2.05, 4.69) is 4.84 Å². The summed E-state index contributed by atoms with van der Waals surface area (Å²) in [4.78, 5) is 15.7. The van der Waals surface area contributed by atoms with E-state index in [-0.39, 0.29) is 0 Å². The average Bonchev–Trinajstić information content (AvgIpc) is 2.21. The van der Waals surface area contributed by atoms with Gasteiger partial charge in [0, 0.05) is 12.1 Å². The van der Waals surface area contributed by atoms with E-state index in [4.69, 9.17) is 0 Å². The minimum absolute atomic E-state index is 0.472. The quantitative estimate of drug-likeness (QED) is 0.658. The molecule has 0 fully saturated rings. The maximum atomic E-state index is 10.8. The van der Waals surface area contributed by atoms with Crippen LogP contribution in [0.3, 0.4) is 0 Å². The Hall–Kier alpha value is -1.38. The molecule has 0 bridgehead atoms. The van der Waals surface area contributed by atoms with Gasteiger partial charge in [0.05, 0.1) is 4.91 Å². The van der Waals surface area contributed by atoms with Gasteiger partial charge < -0.3 is 0 Å². The van der Waals surface area contributed by atoms with Gasteiger partial charge in [0.1, 0.15) is 0 Å². The smallest absolute Gasteiger partial charge is 0.230 e. The van der Waals surface area contributed by atoms with E-state index >= 15 is 0 Å². The zero-order chi connectivity index (χ0) is 10.3. The number of hydrogen-bond acceptors (Lipinski definition) is 2. The minimum atomic E-state index is 0.472. The third-order valence-corrected chi connectivity index (χ3v) is 1.41. The zero-order valence-corrected chi connectivity index (χ0v) is 8.57. The summed E-state index contributed by atoms with van der Waals surface area (Å²) in [6.45, 7) is 5.96. The Kier molecular flexibility index (Phi) is 5.52. The summed E-state index contributed by atoms with van der Waals surface area (Å²) in [6.07, 6.45) is 0. The molecule has 0 unspecified atom stereocenters. The molecule has 0 aliphatic carbocycles. The first kappa shape index (κ1) is 11.6. The van der Waals surface area contributed by atoms with Crippen molar-refractivity contribution in [2.75, 3.05) is 7.11 Å². The second kappa shape index (κ2) is 6.17. The highest BCUT2D eigenvalue weighted by Crippen LogP contribution is 2.11. The molecular weight excluding hydrogens is 166 g/mol. The fourth-order valence-corrected chi connectivity index (χ4v) is 0.772. The van der Waals surface area contributed by atoms with Crippen molar-refractivity contribution in [1.82, 2.24) is 0 Å². The number of nitrogens with zero attached hydrogens (tertiary/aromatic N) is 1. The Morgan fingerprint density at radius 2 is 1.62 bits per heavy atom. The van der Waals surface area contributed by atoms with E-state index in [1.807, 2.05) is 32.9 Å². The van der Waals surface area contributed by atoms with Crippen LogP contribution in [-0.2, 0) is 4.84 Å². The predicted octanol–water partition coefficient (Wildman–Crippen LogP) is 2.99. The Bertz CT molecular complexity index is 254. The molecule has 0 spiro atoms. The van der Waals surface area contributed by atoms with Crippen molar-refractivity contribution in [3.05, 3.63) is 34.7 Å². The number of rotatable bonds is 2. The van der Waals surface area contributed by atoms with Crippen LogP contribution in [-0.4, -0.2) is 12.0 Å². The second-order valence-electron chi connectivity index (χ2n) is 2.28. The van der Waals surface area contributed by atoms with Crippen LogP contribution in [0.4, 0.5) is 5.69 Å². The molecule has 1 aromatic carbocycles. The van der Waals surface area contributed by atoms with Crippen molar-refractivity contribution in [2.24, 2.45) is 0 Å².